The lowest BCUT2D eigenvalue weighted by atomic mass is 9.95. The van der Waals surface area contributed by atoms with Gasteiger partial charge in [0.1, 0.15) is 23.8 Å². The Kier molecular flexibility index (Phi) is 6.21. The largest absolute Gasteiger partial charge is 0.481 e. The van der Waals surface area contributed by atoms with Crippen LogP contribution < -0.4 is 4.90 Å². The summed E-state index contributed by atoms with van der Waals surface area (Å²) in [7, 11) is 0. The molecule has 0 bridgehead atoms. The molecule has 0 aliphatic carbocycles. The summed E-state index contributed by atoms with van der Waals surface area (Å²) in [4.78, 5) is 24.6. The van der Waals surface area contributed by atoms with E-state index in [1.807, 2.05) is 0 Å². The zero-order valence-electron chi connectivity index (χ0n) is 19.0. The fourth-order valence-electron chi connectivity index (χ4n) is 4.50. The molecular formula is C24H18F5N5O3. The number of rotatable bonds is 5. The van der Waals surface area contributed by atoms with E-state index in [2.05, 4.69) is 24.6 Å². The average molecular weight is 519 g/mol. The number of carbonyl (C=O) groups is 1. The number of anilines is 1. The van der Waals surface area contributed by atoms with Crippen molar-refractivity contribution in [3.63, 3.8) is 0 Å². The van der Waals surface area contributed by atoms with Gasteiger partial charge in [-0.3, -0.25) is 4.79 Å². The van der Waals surface area contributed by atoms with E-state index < -0.39 is 29.7 Å². The SMILES string of the molecule is O=C(O)Cc1ccc(-c2ccc(F)c3c(N4CCC(c5noc(C(F)(F)F)n5)CC4)ncnc23)c(F)c1. The van der Waals surface area contributed by atoms with Gasteiger partial charge in [0.15, 0.2) is 5.82 Å². The Morgan fingerprint density at radius 3 is 2.43 bits per heavy atom. The lowest BCUT2D eigenvalue weighted by molar-refractivity contribution is -0.159. The number of halogens is 5. The van der Waals surface area contributed by atoms with Gasteiger partial charge in [-0.05, 0) is 36.6 Å². The first kappa shape index (κ1) is 24.5. The first-order valence-corrected chi connectivity index (χ1v) is 11.2. The minimum absolute atomic E-state index is 0.0326. The van der Waals surface area contributed by atoms with Crippen LogP contribution in [0.1, 0.15) is 36.0 Å². The Labute approximate surface area is 205 Å². The number of carboxylic acid groups (broad SMARTS) is 1. The van der Waals surface area contributed by atoms with E-state index in [9.17, 15) is 22.4 Å². The van der Waals surface area contributed by atoms with Crippen molar-refractivity contribution < 1.29 is 36.4 Å². The monoisotopic (exact) mass is 519 g/mol. The molecule has 1 aliphatic rings. The Hall–Kier alpha value is -4.16. The Morgan fingerprint density at radius 2 is 1.78 bits per heavy atom. The number of aromatic nitrogens is 4. The average Bonchev–Trinajstić information content (AvgIpc) is 3.36. The molecule has 2 aromatic heterocycles. The minimum atomic E-state index is -4.73. The second-order valence-electron chi connectivity index (χ2n) is 8.62. The lowest BCUT2D eigenvalue weighted by Crippen LogP contribution is -2.34. The Bertz CT molecular complexity index is 1480. The highest BCUT2D eigenvalue weighted by Gasteiger charge is 2.39. The zero-order chi connectivity index (χ0) is 26.3. The summed E-state index contributed by atoms with van der Waals surface area (Å²) in [6.07, 6.45) is -3.08. The van der Waals surface area contributed by atoms with Gasteiger partial charge in [-0.2, -0.15) is 18.2 Å². The van der Waals surface area contributed by atoms with Crippen molar-refractivity contribution in [2.75, 3.05) is 18.0 Å². The molecule has 8 nitrogen and oxygen atoms in total. The number of piperidine rings is 1. The third kappa shape index (κ3) is 4.80. The summed E-state index contributed by atoms with van der Waals surface area (Å²) in [6.45, 7) is 0.656. The van der Waals surface area contributed by atoms with E-state index in [-0.39, 0.29) is 46.0 Å². The summed E-state index contributed by atoms with van der Waals surface area (Å²) in [5.74, 6) is -3.92. The molecule has 37 heavy (non-hydrogen) atoms. The van der Waals surface area contributed by atoms with Crippen LogP contribution in [0.15, 0.2) is 41.2 Å². The van der Waals surface area contributed by atoms with Crippen LogP contribution in [0, 0.1) is 11.6 Å². The maximum atomic E-state index is 15.1. The van der Waals surface area contributed by atoms with E-state index in [1.54, 1.807) is 4.90 Å². The Morgan fingerprint density at radius 1 is 1.05 bits per heavy atom. The highest BCUT2D eigenvalue weighted by atomic mass is 19.4. The summed E-state index contributed by atoms with van der Waals surface area (Å²) in [5.41, 5.74) is 0.883. The molecule has 2 aromatic carbocycles. The van der Waals surface area contributed by atoms with E-state index in [0.717, 1.165) is 6.07 Å². The van der Waals surface area contributed by atoms with Crippen LogP contribution in [-0.4, -0.2) is 44.3 Å². The van der Waals surface area contributed by atoms with Crippen molar-refractivity contribution in [3.05, 3.63) is 65.6 Å². The van der Waals surface area contributed by atoms with Gasteiger partial charge in [0.05, 0.1) is 17.3 Å². The fraction of sp³-hybridized carbons (Fsp3) is 0.292. The quantitative estimate of drug-likeness (QED) is 0.368. The molecule has 0 atom stereocenters. The van der Waals surface area contributed by atoms with Gasteiger partial charge >= 0.3 is 18.0 Å². The molecule has 0 saturated carbocycles. The van der Waals surface area contributed by atoms with Gasteiger partial charge in [-0.1, -0.05) is 17.3 Å². The van der Waals surface area contributed by atoms with Gasteiger partial charge in [-0.25, -0.2) is 18.7 Å². The number of aliphatic carboxylic acids is 1. The first-order valence-electron chi connectivity index (χ1n) is 11.2. The predicted octanol–water partition coefficient (Wildman–Crippen LogP) is 4.99. The number of benzene rings is 2. The van der Waals surface area contributed by atoms with Crippen molar-refractivity contribution in [2.24, 2.45) is 0 Å². The number of fused-ring (bicyclic) bond motifs is 1. The molecule has 0 amide bonds. The van der Waals surface area contributed by atoms with Crippen LogP contribution in [0.2, 0.25) is 0 Å². The summed E-state index contributed by atoms with van der Waals surface area (Å²) in [5, 5.41) is 12.5. The smallest absolute Gasteiger partial charge is 0.471 e. The fourth-order valence-corrected chi connectivity index (χ4v) is 4.50. The number of hydrogen-bond donors (Lipinski definition) is 1. The molecule has 3 heterocycles. The summed E-state index contributed by atoms with van der Waals surface area (Å²) < 4.78 is 72.7. The third-order valence-corrected chi connectivity index (χ3v) is 6.24. The molecule has 1 fully saturated rings. The second-order valence-corrected chi connectivity index (χ2v) is 8.62. The first-order chi connectivity index (χ1) is 17.6. The van der Waals surface area contributed by atoms with Gasteiger partial charge in [0.2, 0.25) is 0 Å². The topological polar surface area (TPSA) is 105 Å². The molecule has 0 spiro atoms. The normalized spacial score (nSPS) is 14.9. The van der Waals surface area contributed by atoms with Crippen LogP contribution >= 0.6 is 0 Å². The van der Waals surface area contributed by atoms with E-state index in [4.69, 9.17) is 5.11 Å². The summed E-state index contributed by atoms with van der Waals surface area (Å²) in [6, 6.07) is 6.60. The van der Waals surface area contributed by atoms with Crippen LogP contribution in [0.4, 0.5) is 27.8 Å². The number of carboxylic acids is 1. The van der Waals surface area contributed by atoms with Gasteiger partial charge in [0, 0.05) is 30.1 Å². The lowest BCUT2D eigenvalue weighted by Gasteiger charge is -2.32. The van der Waals surface area contributed by atoms with E-state index in [1.165, 1.54) is 30.6 Å². The second kappa shape index (κ2) is 9.37. The molecule has 1 saturated heterocycles. The predicted molar refractivity (Wildman–Crippen MR) is 120 cm³/mol. The molecule has 1 N–H and O–H groups in total. The molecule has 13 heteroatoms. The van der Waals surface area contributed by atoms with Crippen molar-refractivity contribution in [2.45, 2.75) is 31.4 Å². The number of alkyl halides is 3. The zero-order valence-corrected chi connectivity index (χ0v) is 19.0. The van der Waals surface area contributed by atoms with E-state index in [0.29, 0.717) is 31.5 Å². The maximum Gasteiger partial charge on any atom is 0.471 e. The molecule has 4 aromatic rings. The standard InChI is InChI=1S/C24H18F5N5O3/c25-16-4-3-15(14-2-1-12(9-17(14)26)10-18(35)36)20-19(16)22(31-11-30-20)34-7-5-13(6-8-34)21-32-23(37-33-21)24(27,28)29/h1-4,9,11,13H,5-8,10H2,(H,35,36). The van der Waals surface area contributed by atoms with Crippen molar-refractivity contribution in [3.8, 4) is 11.1 Å². The molecular weight excluding hydrogens is 501 g/mol. The third-order valence-electron chi connectivity index (χ3n) is 6.24. The number of nitrogens with zero attached hydrogens (tertiary/aromatic N) is 5. The van der Waals surface area contributed by atoms with Gasteiger partial charge < -0.3 is 14.5 Å². The number of hydrogen-bond acceptors (Lipinski definition) is 7. The van der Waals surface area contributed by atoms with Gasteiger partial charge in [0.25, 0.3) is 0 Å². The molecule has 0 radical (unpaired) electrons. The van der Waals surface area contributed by atoms with Crippen LogP contribution in [0.25, 0.3) is 22.0 Å². The summed E-state index contributed by atoms with van der Waals surface area (Å²) >= 11 is 0. The van der Waals surface area contributed by atoms with Crippen molar-refractivity contribution in [1.29, 1.82) is 0 Å². The van der Waals surface area contributed by atoms with Crippen molar-refractivity contribution in [1.82, 2.24) is 20.1 Å². The molecule has 5 rings (SSSR count). The van der Waals surface area contributed by atoms with Gasteiger partial charge in [-0.15, -0.1) is 0 Å². The van der Waals surface area contributed by atoms with Crippen LogP contribution in [0.3, 0.4) is 0 Å². The highest BCUT2D eigenvalue weighted by molar-refractivity contribution is 5.99. The molecule has 0 unspecified atom stereocenters. The van der Waals surface area contributed by atoms with E-state index >= 15 is 4.39 Å². The van der Waals surface area contributed by atoms with Crippen LogP contribution in [0.5, 0.6) is 0 Å². The van der Waals surface area contributed by atoms with Crippen molar-refractivity contribution >= 4 is 22.7 Å². The molecule has 1 aliphatic heterocycles. The highest BCUT2D eigenvalue weighted by Crippen LogP contribution is 2.37. The minimum Gasteiger partial charge on any atom is -0.481 e. The maximum absolute atomic E-state index is 15.1. The Balaban J connectivity index is 1.44. The van der Waals surface area contributed by atoms with Crippen LogP contribution in [-0.2, 0) is 17.4 Å². The molecule has 192 valence electrons.